The number of fused-ring (bicyclic) bond motifs is 4. The number of hydrogen-bond donors (Lipinski definition) is 10. The van der Waals surface area contributed by atoms with E-state index in [0.29, 0.717) is 23.3 Å². The van der Waals surface area contributed by atoms with Gasteiger partial charge in [0.2, 0.25) is 35.4 Å². The maximum atomic E-state index is 14.5. The minimum atomic E-state index is -1.33. The number of nitrogens with one attached hydrogen (secondary N) is 7. The van der Waals surface area contributed by atoms with E-state index in [2.05, 4.69) is 41.9 Å². The fourth-order valence-electron chi connectivity index (χ4n) is 9.44. The average Bonchev–Trinajstić information content (AvgIpc) is 4.37. The molecule has 31 heteroatoms. The molecule has 6 atom stereocenters. The topological polar surface area (TPSA) is 384 Å². The first-order valence-corrected chi connectivity index (χ1v) is 29.7. The largest absolute Gasteiger partial charge is 0.617 e. The molecule has 4 aliphatic heterocycles. The van der Waals surface area contributed by atoms with Crippen molar-refractivity contribution in [3.05, 3.63) is 54.7 Å². The number of aromatic nitrogens is 1. The summed E-state index contributed by atoms with van der Waals surface area (Å²) in [5, 5.41) is 27.0. The van der Waals surface area contributed by atoms with Crippen LogP contribution in [0.4, 0.5) is 0 Å². The molecule has 1 radical (unpaired) electrons. The van der Waals surface area contributed by atoms with Crippen molar-refractivity contribution in [1.82, 2.24) is 56.5 Å². The Kier molecular flexibility index (Phi) is 27.7. The summed E-state index contributed by atoms with van der Waals surface area (Å²) < 4.78 is 16.5. The minimum Gasteiger partial charge on any atom is -0.617 e. The predicted molar refractivity (Wildman–Crippen MR) is 301 cm³/mol. The van der Waals surface area contributed by atoms with Crippen molar-refractivity contribution in [1.29, 1.82) is 0 Å². The van der Waals surface area contributed by atoms with Crippen molar-refractivity contribution in [3.8, 4) is 0 Å². The number of esters is 3. The average molecular weight is 1340 g/mol. The third-order valence-electron chi connectivity index (χ3n) is 13.7. The zero-order valence-electron chi connectivity index (χ0n) is 47.0. The third kappa shape index (κ3) is 21.1. The van der Waals surface area contributed by atoms with Crippen LogP contribution in [0.25, 0.3) is 10.9 Å². The normalized spacial score (nSPS) is 18.8. The number of rotatable bonds is 28. The number of H-pyrrole nitrogens is 1. The number of thioether (sulfide) groups is 2. The summed E-state index contributed by atoms with van der Waals surface area (Å²) in [6, 6.07) is -0.146. The monoisotopic (exact) mass is 1340 g/mol. The Bertz CT molecular complexity index is 2650. The Morgan fingerprint density at radius 2 is 1.19 bits per heavy atom. The van der Waals surface area contributed by atoms with E-state index < -0.39 is 95.6 Å². The van der Waals surface area contributed by atoms with Crippen LogP contribution in [0.1, 0.15) is 58.4 Å². The Balaban J connectivity index is 0.0000126. The van der Waals surface area contributed by atoms with Crippen LogP contribution in [-0.4, -0.2) is 221 Å². The summed E-state index contributed by atoms with van der Waals surface area (Å²) >= 11 is 2.83. The van der Waals surface area contributed by atoms with Gasteiger partial charge in [0.1, 0.15) is 36.3 Å². The van der Waals surface area contributed by atoms with E-state index in [1.54, 1.807) is 32.1 Å². The quantitative estimate of drug-likeness (QED) is 0.0107. The third-order valence-corrected chi connectivity index (χ3v) is 15.0. The van der Waals surface area contributed by atoms with Crippen LogP contribution in [-0.2, 0) is 68.6 Å². The van der Waals surface area contributed by atoms with Crippen molar-refractivity contribution in [2.75, 3.05) is 89.5 Å². The van der Waals surface area contributed by atoms with Gasteiger partial charge in [0.25, 0.3) is 17.9 Å². The summed E-state index contributed by atoms with van der Waals surface area (Å²) in [5.74, 6) is -6.63. The van der Waals surface area contributed by atoms with E-state index in [4.69, 9.17) is 25.7 Å². The Hall–Kier alpha value is -5.15. The number of amides is 6. The Morgan fingerprint density at radius 3 is 1.80 bits per heavy atom. The van der Waals surface area contributed by atoms with Crippen LogP contribution in [0, 0.1) is 74.0 Å². The number of carbonyl (C=O) groups excluding carboxylic acids is 9. The van der Waals surface area contributed by atoms with Gasteiger partial charge in [-0.2, -0.15) is 23.5 Å². The summed E-state index contributed by atoms with van der Waals surface area (Å²) in [5.41, 5.74) is 12.2. The second-order valence-corrected chi connectivity index (χ2v) is 22.6. The Labute approximate surface area is 530 Å². The minimum absolute atomic E-state index is 0. The number of aliphatic carboxylic acids is 1. The summed E-state index contributed by atoms with van der Waals surface area (Å²) in [6.45, 7) is 4.94. The molecule has 1 aromatic heterocycles. The molecule has 28 nitrogen and oxygen atoms in total. The molecule has 6 rings (SSSR count). The van der Waals surface area contributed by atoms with E-state index in [9.17, 15) is 53.1 Å². The van der Waals surface area contributed by atoms with Gasteiger partial charge in [-0.3, -0.25) is 48.1 Å². The number of ether oxygens (including phenoxy) is 3. The number of guanidine groups is 1. The fourth-order valence-corrected chi connectivity index (χ4v) is 10.4. The molecule has 0 unspecified atom stereocenters. The SMILES string of the molecule is CSCC[C@H](NC(=O)CN1CCN2CC(=O)O[C-]2CN2CC(=O)O[C-]2CN2CC(=O)O[C-]2C1)C(=O)N[C@@H](C)C(=O)N[C@@H](CC(C)C)C(=O)N[C@@H](Cc1c[nH]c2ccccc12)C(=O)N[C@@H](CCSC)C(=O)N[C@@H](CCCN=C(N)N)C(=O)O.[Eu]. The van der Waals surface area contributed by atoms with E-state index in [-0.39, 0.29) is 178 Å². The van der Waals surface area contributed by atoms with Gasteiger partial charge in [-0.15, -0.1) is 13.1 Å². The molecule has 83 heavy (non-hydrogen) atoms. The van der Waals surface area contributed by atoms with Crippen LogP contribution in [0.2, 0.25) is 0 Å². The van der Waals surface area contributed by atoms with Crippen LogP contribution < -0.4 is 43.4 Å². The molecule has 459 valence electrons. The van der Waals surface area contributed by atoms with Crippen molar-refractivity contribution in [2.24, 2.45) is 22.4 Å². The molecule has 4 fully saturated rings. The van der Waals surface area contributed by atoms with Gasteiger partial charge in [0.05, 0.1) is 26.2 Å². The number of benzene rings is 1. The number of para-hydroxylation sites is 1. The van der Waals surface area contributed by atoms with Gasteiger partial charge >= 0.3 is 5.97 Å². The number of hydrogen-bond acceptors (Lipinski definition) is 20. The number of carbonyl (C=O) groups is 10. The molecule has 4 saturated heterocycles. The zero-order chi connectivity index (χ0) is 59.6. The maximum absolute atomic E-state index is 14.5. The first-order chi connectivity index (χ1) is 39.1. The van der Waals surface area contributed by atoms with Gasteiger partial charge in [-0.25, -0.2) is 4.79 Å². The number of aliphatic imine (C=N–C) groups is 1. The van der Waals surface area contributed by atoms with Gasteiger partial charge in [0, 0.05) is 86.0 Å². The Morgan fingerprint density at radius 1 is 0.675 bits per heavy atom. The first kappa shape index (κ1) is 68.6. The maximum Gasteiger partial charge on any atom is 0.326 e. The van der Waals surface area contributed by atoms with Gasteiger partial charge in [0.15, 0.2) is 5.96 Å². The van der Waals surface area contributed by atoms with Crippen LogP contribution in [0.15, 0.2) is 35.5 Å². The summed E-state index contributed by atoms with van der Waals surface area (Å²) in [6.07, 6.45) is 6.60. The molecule has 0 spiro atoms. The van der Waals surface area contributed by atoms with Gasteiger partial charge in [-0.1, -0.05) is 57.3 Å². The van der Waals surface area contributed by atoms with Crippen LogP contribution in [0.5, 0.6) is 0 Å². The molecule has 5 heterocycles. The zero-order valence-corrected chi connectivity index (χ0v) is 51.1. The molecule has 0 saturated carbocycles. The smallest absolute Gasteiger partial charge is 0.326 e. The van der Waals surface area contributed by atoms with E-state index in [0.717, 1.165) is 10.9 Å². The fraction of sp³-hybridized carbons (Fsp3) is 0.577. The van der Waals surface area contributed by atoms with Gasteiger partial charge in [-0.05, 0) is 87.1 Å². The number of nitrogens with zero attached hydrogens (tertiary/aromatic N) is 5. The van der Waals surface area contributed by atoms with Gasteiger partial charge < -0.3 is 87.3 Å². The number of carboxylic acids is 1. The molecular formula is C52H75EuN14O14S2-3. The molecular weight excluding hydrogens is 1260 g/mol. The number of nitrogens with two attached hydrogens (primary N) is 2. The predicted octanol–water partition coefficient (Wildman–Crippen LogP) is -2.31. The second kappa shape index (κ2) is 33.5. The van der Waals surface area contributed by atoms with Crippen molar-refractivity contribution < 1.29 is 117 Å². The van der Waals surface area contributed by atoms with E-state index in [1.165, 1.54) is 30.4 Å². The molecule has 0 aliphatic carbocycles. The standard InChI is InChI=1S/C52H75N14O14S2.Eu/c1-29(2)19-37(49(74)62-38(20-31-21-56-33-10-7-6-9-32(31)33)50(75)59-35(13-18-82-5)48(73)60-36(51(76)77)11-8-14-55-52(53)54)61-46(71)30(3)57-47(72)34(12-17-81-4)58-39(67)22-63-15-16-64-26-43(68)79-41(64)24-66-28-45(70)80-42(66)25-65-27-44(69)78-40(65)23-63;/h6-7,9-10,21,29-30,34-38,56H,8,11-20,22-28H2,1-5H3,(H,57,72)(H,58,67)(H,59,75)(H,60,73)(H,61,71)(H,62,74)(H,76,77)(H4,53,54,55);/q-3;/t30-,34-,35-,36-,37-,38-;/m0./s1. The summed E-state index contributed by atoms with van der Waals surface area (Å²) in [4.78, 5) is 148. The number of aromatic amines is 1. The van der Waals surface area contributed by atoms with E-state index >= 15 is 0 Å². The van der Waals surface area contributed by atoms with Crippen molar-refractivity contribution in [2.45, 2.75) is 95.5 Å². The van der Waals surface area contributed by atoms with Crippen molar-refractivity contribution in [3.63, 3.8) is 0 Å². The summed E-state index contributed by atoms with van der Waals surface area (Å²) in [7, 11) is 0. The number of carboxylic acid groups (broad SMARTS) is 1. The molecule has 1 aromatic carbocycles. The van der Waals surface area contributed by atoms with Crippen LogP contribution >= 0.6 is 23.5 Å². The first-order valence-electron chi connectivity index (χ1n) is 26.9. The van der Waals surface area contributed by atoms with E-state index in [1.807, 2.05) is 44.4 Å². The van der Waals surface area contributed by atoms with Crippen LogP contribution in [0.3, 0.4) is 0 Å². The molecule has 6 amide bonds. The second-order valence-electron chi connectivity index (χ2n) is 20.6. The molecule has 0 bridgehead atoms. The molecule has 4 aliphatic rings. The molecule has 2 aromatic rings. The van der Waals surface area contributed by atoms with Crippen molar-refractivity contribution >= 4 is 99.7 Å². The molecule has 12 N–H and O–H groups in total.